The Bertz CT molecular complexity index is 1220. The van der Waals surface area contributed by atoms with Gasteiger partial charge in [0.2, 0.25) is 5.95 Å². The van der Waals surface area contributed by atoms with Gasteiger partial charge < -0.3 is 14.9 Å². The Labute approximate surface area is 172 Å². The number of aryl methyl sites for hydroxylation is 1. The topological polar surface area (TPSA) is 107 Å². The number of H-pyrrole nitrogens is 1. The van der Waals surface area contributed by atoms with Crippen LogP contribution in [0.1, 0.15) is 25.5 Å². The van der Waals surface area contributed by atoms with Crippen LogP contribution in [0.5, 0.6) is 0 Å². The summed E-state index contributed by atoms with van der Waals surface area (Å²) in [7, 11) is 0. The number of aromatic amines is 1. The summed E-state index contributed by atoms with van der Waals surface area (Å²) in [5, 5.41) is 11.8. The highest BCUT2D eigenvalue weighted by Gasteiger charge is 2.20. The number of rotatable bonds is 4. The van der Waals surface area contributed by atoms with E-state index in [1.54, 1.807) is 6.07 Å². The fraction of sp³-hybridized carbons (Fsp3) is 0.333. The third-order valence-corrected chi connectivity index (χ3v) is 5.47. The lowest BCUT2D eigenvalue weighted by molar-refractivity contribution is 0.252. The number of carbonyl (C=O) groups excluding carboxylic acids is 1. The van der Waals surface area contributed by atoms with Gasteiger partial charge in [-0.2, -0.15) is 5.10 Å². The Balaban J connectivity index is 1.62. The predicted octanol–water partition coefficient (Wildman–Crippen LogP) is 2.68. The van der Waals surface area contributed by atoms with Gasteiger partial charge in [-0.1, -0.05) is 0 Å². The van der Waals surface area contributed by atoms with Crippen molar-refractivity contribution in [1.82, 2.24) is 19.9 Å². The van der Waals surface area contributed by atoms with Crippen molar-refractivity contribution >= 4 is 34.9 Å². The van der Waals surface area contributed by atoms with Gasteiger partial charge in [0.05, 0.1) is 11.2 Å². The number of hydrazone groups is 1. The van der Waals surface area contributed by atoms with E-state index >= 15 is 0 Å². The number of nitrogens with one attached hydrogen (secondary N) is 3. The Morgan fingerprint density at radius 2 is 2.07 bits per heavy atom. The quantitative estimate of drug-likeness (QED) is 0.620. The Morgan fingerprint density at radius 1 is 1.20 bits per heavy atom. The number of imidazole rings is 1. The SMILES string of the molecule is CCNC(=O)Nc1nc2c(N3CCC=N3)cc(-c3cc4n(c(=O)c3)CCC4)cc2[nH]1. The lowest BCUT2D eigenvalue weighted by atomic mass is 10.0. The molecule has 0 saturated heterocycles. The monoisotopic (exact) mass is 405 g/mol. The zero-order valence-electron chi connectivity index (χ0n) is 16.7. The molecule has 154 valence electrons. The number of benzene rings is 1. The number of nitrogens with zero attached hydrogens (tertiary/aromatic N) is 4. The molecule has 0 saturated carbocycles. The summed E-state index contributed by atoms with van der Waals surface area (Å²) in [5.74, 6) is 0.367. The molecule has 2 amide bonds. The number of hydrogen-bond donors (Lipinski definition) is 3. The van der Waals surface area contributed by atoms with E-state index in [0.29, 0.717) is 12.5 Å². The number of fused-ring (bicyclic) bond motifs is 2. The van der Waals surface area contributed by atoms with Crippen LogP contribution in [0, 0.1) is 0 Å². The molecule has 0 aliphatic carbocycles. The predicted molar refractivity (Wildman–Crippen MR) is 117 cm³/mol. The zero-order valence-corrected chi connectivity index (χ0v) is 16.7. The minimum atomic E-state index is -0.316. The fourth-order valence-corrected chi connectivity index (χ4v) is 4.11. The molecule has 0 atom stereocenters. The number of urea groups is 1. The molecular weight excluding hydrogens is 382 g/mol. The van der Waals surface area contributed by atoms with E-state index in [-0.39, 0.29) is 11.6 Å². The van der Waals surface area contributed by atoms with E-state index in [1.165, 1.54) is 0 Å². The zero-order chi connectivity index (χ0) is 20.7. The molecule has 3 N–H and O–H groups in total. The first-order valence-electron chi connectivity index (χ1n) is 10.2. The number of anilines is 2. The first-order chi connectivity index (χ1) is 14.6. The third kappa shape index (κ3) is 3.22. The second-order valence-corrected chi connectivity index (χ2v) is 7.50. The van der Waals surface area contributed by atoms with Crippen LogP contribution in [-0.4, -0.2) is 39.9 Å². The van der Waals surface area contributed by atoms with Crippen LogP contribution in [0.2, 0.25) is 0 Å². The van der Waals surface area contributed by atoms with Crippen LogP contribution in [-0.2, 0) is 13.0 Å². The van der Waals surface area contributed by atoms with Crippen molar-refractivity contribution in [2.45, 2.75) is 32.7 Å². The van der Waals surface area contributed by atoms with Gasteiger partial charge in [-0.25, -0.2) is 9.78 Å². The molecule has 0 spiro atoms. The normalized spacial score (nSPS) is 15.0. The molecule has 9 nitrogen and oxygen atoms in total. The summed E-state index contributed by atoms with van der Waals surface area (Å²) in [6.07, 6.45) is 4.65. The number of pyridine rings is 1. The molecular formula is C21H23N7O2. The molecule has 0 unspecified atom stereocenters. The van der Waals surface area contributed by atoms with E-state index in [9.17, 15) is 9.59 Å². The summed E-state index contributed by atoms with van der Waals surface area (Å²) in [4.78, 5) is 32.2. The maximum Gasteiger partial charge on any atom is 0.321 e. The lowest BCUT2D eigenvalue weighted by Gasteiger charge is -2.16. The minimum absolute atomic E-state index is 0.0315. The fourth-order valence-electron chi connectivity index (χ4n) is 4.11. The van der Waals surface area contributed by atoms with E-state index in [2.05, 4.69) is 31.8 Å². The number of aromatic nitrogens is 3. The van der Waals surface area contributed by atoms with E-state index in [4.69, 9.17) is 0 Å². The van der Waals surface area contributed by atoms with Crippen molar-refractivity contribution in [3.63, 3.8) is 0 Å². The molecule has 5 rings (SSSR count). The summed E-state index contributed by atoms with van der Waals surface area (Å²) >= 11 is 0. The van der Waals surface area contributed by atoms with Gasteiger partial charge in [0.1, 0.15) is 5.52 Å². The van der Waals surface area contributed by atoms with Crippen LogP contribution in [0.25, 0.3) is 22.2 Å². The molecule has 2 aromatic heterocycles. The summed E-state index contributed by atoms with van der Waals surface area (Å²) in [6, 6.07) is 7.45. The largest absolute Gasteiger partial charge is 0.338 e. The van der Waals surface area contributed by atoms with Gasteiger partial charge in [-0.3, -0.25) is 15.1 Å². The second kappa shape index (κ2) is 7.33. The van der Waals surface area contributed by atoms with Crippen LogP contribution in [0.3, 0.4) is 0 Å². The standard InChI is InChI=1S/C21H23N7O2/c1-2-22-21(30)26-20-24-16-10-14(11-17(19(16)25-20)28-8-4-6-23-28)13-9-15-5-3-7-27(15)18(29)12-13/h6,9-12H,2-5,7-8H2,1H3,(H3,22,24,25,26,30). The Hall–Kier alpha value is -3.62. The summed E-state index contributed by atoms with van der Waals surface area (Å²) < 4.78 is 1.85. The van der Waals surface area contributed by atoms with Crippen molar-refractivity contribution in [3.05, 3.63) is 40.3 Å². The van der Waals surface area contributed by atoms with Gasteiger partial charge in [0.15, 0.2) is 0 Å². The highest BCUT2D eigenvalue weighted by molar-refractivity contribution is 5.97. The van der Waals surface area contributed by atoms with Gasteiger partial charge in [-0.15, -0.1) is 0 Å². The average molecular weight is 405 g/mol. The molecule has 3 aromatic rings. The second-order valence-electron chi connectivity index (χ2n) is 7.50. The molecule has 2 aliphatic heterocycles. The molecule has 1 aromatic carbocycles. The molecule has 0 fully saturated rings. The molecule has 0 radical (unpaired) electrons. The number of amides is 2. The maximum atomic E-state index is 12.6. The first kappa shape index (κ1) is 18.4. The van der Waals surface area contributed by atoms with E-state index < -0.39 is 0 Å². The summed E-state index contributed by atoms with van der Waals surface area (Å²) in [5.41, 5.74) is 5.25. The van der Waals surface area contributed by atoms with Crippen LogP contribution in [0.15, 0.2) is 34.2 Å². The Morgan fingerprint density at radius 3 is 2.87 bits per heavy atom. The van der Waals surface area contributed by atoms with Gasteiger partial charge in [0, 0.05) is 44.0 Å². The molecule has 0 bridgehead atoms. The maximum absolute atomic E-state index is 12.6. The van der Waals surface area contributed by atoms with Crippen molar-refractivity contribution in [2.24, 2.45) is 5.10 Å². The van der Waals surface area contributed by atoms with Crippen molar-refractivity contribution in [2.75, 3.05) is 23.4 Å². The van der Waals surface area contributed by atoms with E-state index in [1.807, 2.05) is 34.8 Å². The Kier molecular flexibility index (Phi) is 4.50. The first-order valence-corrected chi connectivity index (χ1v) is 10.2. The molecule has 2 aliphatic rings. The number of carbonyl (C=O) groups is 1. The molecule has 9 heteroatoms. The summed E-state index contributed by atoms with van der Waals surface area (Å²) in [6.45, 7) is 3.93. The molecule has 30 heavy (non-hydrogen) atoms. The van der Waals surface area contributed by atoms with Crippen molar-refractivity contribution in [1.29, 1.82) is 0 Å². The third-order valence-electron chi connectivity index (χ3n) is 5.47. The van der Waals surface area contributed by atoms with Crippen LogP contribution < -0.4 is 21.2 Å². The van der Waals surface area contributed by atoms with Crippen LogP contribution >= 0.6 is 0 Å². The minimum Gasteiger partial charge on any atom is -0.338 e. The van der Waals surface area contributed by atoms with Crippen LogP contribution in [0.4, 0.5) is 16.4 Å². The lowest BCUT2D eigenvalue weighted by Crippen LogP contribution is -2.28. The van der Waals surface area contributed by atoms with Gasteiger partial charge in [0.25, 0.3) is 5.56 Å². The van der Waals surface area contributed by atoms with E-state index in [0.717, 1.165) is 65.9 Å². The number of hydrogen-bond acceptors (Lipinski definition) is 5. The van der Waals surface area contributed by atoms with Gasteiger partial charge >= 0.3 is 6.03 Å². The smallest absolute Gasteiger partial charge is 0.321 e. The van der Waals surface area contributed by atoms with Crippen molar-refractivity contribution in [3.8, 4) is 11.1 Å². The highest BCUT2D eigenvalue weighted by Crippen LogP contribution is 2.34. The van der Waals surface area contributed by atoms with Gasteiger partial charge in [-0.05, 0) is 49.1 Å². The molecule has 4 heterocycles. The van der Waals surface area contributed by atoms with Crippen molar-refractivity contribution < 1.29 is 4.79 Å². The average Bonchev–Trinajstić information content (AvgIpc) is 3.47. The highest BCUT2D eigenvalue weighted by atomic mass is 16.2.